The van der Waals surface area contributed by atoms with Crippen molar-refractivity contribution in [2.75, 3.05) is 36.5 Å². The van der Waals surface area contributed by atoms with Crippen LogP contribution in [-0.2, 0) is 9.53 Å². The number of anilines is 2. The molecule has 8 nitrogen and oxygen atoms in total. The number of hydrogen-bond acceptors (Lipinski definition) is 6. The zero-order chi connectivity index (χ0) is 20.6. The van der Waals surface area contributed by atoms with E-state index in [1.165, 1.54) is 6.92 Å². The lowest BCUT2D eigenvalue weighted by Crippen LogP contribution is -2.53. The molecule has 1 atom stereocenters. The molecule has 1 saturated heterocycles. The van der Waals surface area contributed by atoms with Gasteiger partial charge in [0, 0.05) is 17.9 Å². The van der Waals surface area contributed by atoms with E-state index in [9.17, 15) is 19.5 Å². The summed E-state index contributed by atoms with van der Waals surface area (Å²) < 4.78 is 5.13. The maximum Gasteiger partial charge on any atom is 0.263 e. The zero-order valence-electron chi connectivity index (χ0n) is 15.9. The Balaban J connectivity index is 1.44. The molecular weight excluding hydrogens is 374 g/mol. The van der Waals surface area contributed by atoms with Crippen molar-refractivity contribution in [3.8, 4) is 0 Å². The lowest BCUT2D eigenvalue weighted by molar-refractivity contribution is -0.125. The van der Waals surface area contributed by atoms with E-state index in [-0.39, 0.29) is 30.2 Å². The fourth-order valence-corrected chi connectivity index (χ4v) is 3.53. The molecule has 0 bridgehead atoms. The van der Waals surface area contributed by atoms with Crippen molar-refractivity contribution in [1.82, 2.24) is 4.90 Å². The molecule has 8 heteroatoms. The van der Waals surface area contributed by atoms with Crippen molar-refractivity contribution >= 4 is 29.1 Å². The summed E-state index contributed by atoms with van der Waals surface area (Å²) >= 11 is 0. The number of aliphatic hydroxyl groups is 1. The number of amides is 3. The Morgan fingerprint density at radius 3 is 2.24 bits per heavy atom. The molecule has 2 aromatic carbocycles. The Labute approximate surface area is 167 Å². The van der Waals surface area contributed by atoms with E-state index >= 15 is 0 Å². The summed E-state index contributed by atoms with van der Waals surface area (Å²) in [5, 5.41) is 13.9. The van der Waals surface area contributed by atoms with Gasteiger partial charge in [0.25, 0.3) is 17.7 Å². The van der Waals surface area contributed by atoms with Gasteiger partial charge in [-0.1, -0.05) is 12.1 Å². The quantitative estimate of drug-likeness (QED) is 0.744. The average Bonchev–Trinajstić information content (AvgIpc) is 2.99. The van der Waals surface area contributed by atoms with E-state index in [1.807, 2.05) is 0 Å². The third-order valence-electron chi connectivity index (χ3n) is 5.07. The molecule has 2 heterocycles. The van der Waals surface area contributed by atoms with Gasteiger partial charge in [-0.25, -0.2) is 4.90 Å². The SMILES string of the molecule is CC(O)(CNc1ccc(N2CCOCC2=O)cc1)N1C(=O)c2ccccc2C1=O. The Kier molecular flexibility index (Phi) is 4.81. The number of nitrogens with zero attached hydrogens (tertiary/aromatic N) is 2. The number of carbonyl (C=O) groups is 3. The van der Waals surface area contributed by atoms with Crippen molar-refractivity contribution in [3.05, 3.63) is 59.7 Å². The van der Waals surface area contributed by atoms with Crippen LogP contribution < -0.4 is 10.2 Å². The van der Waals surface area contributed by atoms with Gasteiger partial charge in [-0.3, -0.25) is 14.4 Å². The van der Waals surface area contributed by atoms with E-state index < -0.39 is 17.5 Å². The van der Waals surface area contributed by atoms with E-state index in [4.69, 9.17) is 4.74 Å². The van der Waals surface area contributed by atoms with Crippen molar-refractivity contribution in [2.24, 2.45) is 0 Å². The lowest BCUT2D eigenvalue weighted by Gasteiger charge is -2.32. The highest BCUT2D eigenvalue weighted by Crippen LogP contribution is 2.28. The molecule has 150 valence electrons. The second-order valence-corrected chi connectivity index (χ2v) is 7.21. The first-order valence-corrected chi connectivity index (χ1v) is 9.31. The molecule has 0 aromatic heterocycles. The van der Waals surface area contributed by atoms with Gasteiger partial charge >= 0.3 is 0 Å². The van der Waals surface area contributed by atoms with Crippen LogP contribution in [0.3, 0.4) is 0 Å². The van der Waals surface area contributed by atoms with Gasteiger partial charge < -0.3 is 20.1 Å². The summed E-state index contributed by atoms with van der Waals surface area (Å²) in [6, 6.07) is 13.6. The number of imide groups is 1. The predicted octanol–water partition coefficient (Wildman–Crippen LogP) is 1.47. The third-order valence-corrected chi connectivity index (χ3v) is 5.07. The van der Waals surface area contributed by atoms with Gasteiger partial charge in [-0.15, -0.1) is 0 Å². The highest BCUT2D eigenvalue weighted by Gasteiger charge is 2.45. The topological polar surface area (TPSA) is 99.2 Å². The number of ether oxygens (including phenoxy) is 1. The Morgan fingerprint density at radius 2 is 1.66 bits per heavy atom. The van der Waals surface area contributed by atoms with Crippen LogP contribution in [0.1, 0.15) is 27.6 Å². The number of morpholine rings is 1. The third kappa shape index (κ3) is 3.48. The summed E-state index contributed by atoms with van der Waals surface area (Å²) in [6.45, 7) is 2.44. The van der Waals surface area contributed by atoms with Crippen LogP contribution in [0, 0.1) is 0 Å². The highest BCUT2D eigenvalue weighted by atomic mass is 16.5. The molecule has 2 aliphatic rings. The van der Waals surface area contributed by atoms with E-state index in [2.05, 4.69) is 5.32 Å². The second-order valence-electron chi connectivity index (χ2n) is 7.21. The van der Waals surface area contributed by atoms with Crippen LogP contribution >= 0.6 is 0 Å². The number of rotatable bonds is 5. The molecule has 29 heavy (non-hydrogen) atoms. The highest BCUT2D eigenvalue weighted by molar-refractivity contribution is 6.21. The van der Waals surface area contributed by atoms with Crippen LogP contribution in [0.25, 0.3) is 0 Å². The molecule has 2 aliphatic heterocycles. The summed E-state index contributed by atoms with van der Waals surface area (Å²) in [6.07, 6.45) is 0. The number of hydrogen-bond donors (Lipinski definition) is 2. The molecule has 0 spiro atoms. The van der Waals surface area contributed by atoms with Gasteiger partial charge in [0.1, 0.15) is 6.61 Å². The minimum Gasteiger partial charge on any atom is -0.380 e. The normalized spacial score (nSPS) is 18.6. The molecule has 4 rings (SSSR count). The van der Waals surface area contributed by atoms with Crippen LogP contribution in [-0.4, -0.2) is 59.8 Å². The van der Waals surface area contributed by atoms with Gasteiger partial charge in [0.15, 0.2) is 5.72 Å². The Bertz CT molecular complexity index is 936. The maximum absolute atomic E-state index is 12.6. The molecular formula is C21H21N3O5. The smallest absolute Gasteiger partial charge is 0.263 e. The summed E-state index contributed by atoms with van der Waals surface area (Å²) in [4.78, 5) is 39.6. The summed E-state index contributed by atoms with van der Waals surface area (Å²) in [7, 11) is 0. The largest absolute Gasteiger partial charge is 0.380 e. The first kappa shape index (κ1) is 19.1. The number of nitrogens with one attached hydrogen (secondary N) is 1. The van der Waals surface area contributed by atoms with Gasteiger partial charge in [-0.2, -0.15) is 0 Å². The number of carbonyl (C=O) groups excluding carboxylic acids is 3. The second kappa shape index (κ2) is 7.31. The molecule has 0 radical (unpaired) electrons. The van der Waals surface area contributed by atoms with Crippen molar-refractivity contribution < 1.29 is 24.2 Å². The Morgan fingerprint density at radius 1 is 1.03 bits per heavy atom. The first-order valence-electron chi connectivity index (χ1n) is 9.31. The fourth-order valence-electron chi connectivity index (χ4n) is 3.53. The number of fused-ring (bicyclic) bond motifs is 1. The van der Waals surface area contributed by atoms with E-state index in [0.29, 0.717) is 18.8 Å². The lowest BCUT2D eigenvalue weighted by atomic mass is 10.1. The summed E-state index contributed by atoms with van der Waals surface area (Å²) in [5.74, 6) is -1.12. The number of benzene rings is 2. The van der Waals surface area contributed by atoms with Crippen molar-refractivity contribution in [1.29, 1.82) is 0 Å². The van der Waals surface area contributed by atoms with Crippen LogP contribution in [0.2, 0.25) is 0 Å². The first-order chi connectivity index (χ1) is 13.9. The van der Waals surface area contributed by atoms with Crippen molar-refractivity contribution in [3.63, 3.8) is 0 Å². The molecule has 3 amide bonds. The zero-order valence-corrected chi connectivity index (χ0v) is 15.9. The molecule has 1 fully saturated rings. The molecule has 0 aliphatic carbocycles. The maximum atomic E-state index is 12.6. The Hall–Kier alpha value is -3.23. The van der Waals surface area contributed by atoms with Gasteiger partial charge in [0.2, 0.25) is 0 Å². The monoisotopic (exact) mass is 395 g/mol. The molecule has 2 aromatic rings. The predicted molar refractivity (Wildman–Crippen MR) is 106 cm³/mol. The van der Waals surface area contributed by atoms with Crippen LogP contribution in [0.15, 0.2) is 48.5 Å². The van der Waals surface area contributed by atoms with Crippen LogP contribution in [0.5, 0.6) is 0 Å². The van der Waals surface area contributed by atoms with Crippen molar-refractivity contribution in [2.45, 2.75) is 12.6 Å². The van der Waals surface area contributed by atoms with E-state index in [1.54, 1.807) is 53.4 Å². The molecule has 0 saturated carbocycles. The minimum atomic E-state index is -1.72. The summed E-state index contributed by atoms with van der Waals surface area (Å²) in [5.41, 5.74) is 0.309. The fraction of sp³-hybridized carbons (Fsp3) is 0.286. The van der Waals surface area contributed by atoms with Gasteiger partial charge in [-0.05, 0) is 43.3 Å². The van der Waals surface area contributed by atoms with Gasteiger partial charge in [0.05, 0.1) is 24.3 Å². The molecule has 2 N–H and O–H groups in total. The van der Waals surface area contributed by atoms with Crippen LogP contribution in [0.4, 0.5) is 11.4 Å². The molecule has 1 unspecified atom stereocenters. The van der Waals surface area contributed by atoms with E-state index in [0.717, 1.165) is 10.6 Å². The standard InChI is InChI=1S/C21H21N3O5/c1-21(28,24-19(26)16-4-2-3-5-17(16)20(24)27)13-22-14-6-8-15(9-7-14)23-10-11-29-12-18(23)25/h2-9,22,28H,10-13H2,1H3. The average molecular weight is 395 g/mol. The minimum absolute atomic E-state index is 0.0473.